The van der Waals surface area contributed by atoms with Gasteiger partial charge in [0.25, 0.3) is 0 Å². The van der Waals surface area contributed by atoms with Crippen LogP contribution in [0.2, 0.25) is 0 Å². The van der Waals surface area contributed by atoms with Crippen molar-refractivity contribution in [1.29, 1.82) is 0 Å². The standard InChI is InChI=1S/C16H17NO2/c1-12-6-5-7-13(10-12)11-17-15(16(18)19)14-8-3-2-4-9-14/h2-10,15,17H,11H2,1H3,(H,18,19). The fourth-order valence-corrected chi connectivity index (χ4v) is 2.04. The first-order chi connectivity index (χ1) is 9.16. The molecule has 0 aliphatic carbocycles. The van der Waals surface area contributed by atoms with Crippen LogP contribution < -0.4 is 5.32 Å². The lowest BCUT2D eigenvalue weighted by molar-refractivity contribution is -0.139. The molecule has 2 aromatic carbocycles. The highest BCUT2D eigenvalue weighted by Gasteiger charge is 2.18. The lowest BCUT2D eigenvalue weighted by atomic mass is 10.1. The molecule has 0 saturated heterocycles. The van der Waals surface area contributed by atoms with Gasteiger partial charge in [0.2, 0.25) is 0 Å². The number of carbonyl (C=O) groups is 1. The normalized spacial score (nSPS) is 12.1. The molecule has 3 nitrogen and oxygen atoms in total. The van der Waals surface area contributed by atoms with E-state index in [2.05, 4.69) is 11.4 Å². The van der Waals surface area contributed by atoms with E-state index >= 15 is 0 Å². The number of benzene rings is 2. The molecule has 0 radical (unpaired) electrons. The highest BCUT2D eigenvalue weighted by molar-refractivity contribution is 5.75. The summed E-state index contributed by atoms with van der Waals surface area (Å²) in [7, 11) is 0. The Kier molecular flexibility index (Phi) is 4.31. The lowest BCUT2D eigenvalue weighted by Gasteiger charge is -2.15. The number of carboxylic acids is 1. The minimum Gasteiger partial charge on any atom is -0.480 e. The number of aliphatic carboxylic acids is 1. The Morgan fingerprint density at radius 3 is 2.53 bits per heavy atom. The van der Waals surface area contributed by atoms with Crippen LogP contribution >= 0.6 is 0 Å². The molecule has 0 bridgehead atoms. The van der Waals surface area contributed by atoms with Gasteiger partial charge in [0.15, 0.2) is 0 Å². The van der Waals surface area contributed by atoms with Crippen molar-refractivity contribution in [1.82, 2.24) is 5.32 Å². The Morgan fingerprint density at radius 2 is 1.89 bits per heavy atom. The second-order valence-electron chi connectivity index (χ2n) is 4.55. The van der Waals surface area contributed by atoms with E-state index in [0.29, 0.717) is 6.54 Å². The molecule has 2 rings (SSSR count). The number of nitrogens with one attached hydrogen (secondary N) is 1. The summed E-state index contributed by atoms with van der Waals surface area (Å²) in [5, 5.41) is 12.4. The zero-order valence-corrected chi connectivity index (χ0v) is 10.8. The average molecular weight is 255 g/mol. The molecule has 0 amide bonds. The summed E-state index contributed by atoms with van der Waals surface area (Å²) in [6, 6.07) is 16.6. The smallest absolute Gasteiger partial charge is 0.325 e. The summed E-state index contributed by atoms with van der Waals surface area (Å²) >= 11 is 0. The van der Waals surface area contributed by atoms with Crippen LogP contribution in [-0.4, -0.2) is 11.1 Å². The third kappa shape index (κ3) is 3.66. The zero-order valence-electron chi connectivity index (χ0n) is 10.8. The molecule has 2 aromatic rings. The van der Waals surface area contributed by atoms with Crippen molar-refractivity contribution in [2.24, 2.45) is 0 Å². The van der Waals surface area contributed by atoms with Crippen LogP contribution in [0.3, 0.4) is 0 Å². The molecule has 1 unspecified atom stereocenters. The largest absolute Gasteiger partial charge is 0.480 e. The summed E-state index contributed by atoms with van der Waals surface area (Å²) in [6.45, 7) is 2.56. The zero-order chi connectivity index (χ0) is 13.7. The predicted molar refractivity (Wildman–Crippen MR) is 74.8 cm³/mol. The van der Waals surface area contributed by atoms with Crippen molar-refractivity contribution in [3.8, 4) is 0 Å². The molecule has 98 valence electrons. The number of carboxylic acid groups (broad SMARTS) is 1. The fourth-order valence-electron chi connectivity index (χ4n) is 2.04. The van der Waals surface area contributed by atoms with Gasteiger partial charge in [0.05, 0.1) is 0 Å². The van der Waals surface area contributed by atoms with Crippen molar-refractivity contribution in [2.45, 2.75) is 19.5 Å². The predicted octanol–water partition coefficient (Wildman–Crippen LogP) is 2.91. The third-order valence-electron chi connectivity index (χ3n) is 2.97. The maximum atomic E-state index is 11.3. The van der Waals surface area contributed by atoms with Crippen LogP contribution in [0.25, 0.3) is 0 Å². The van der Waals surface area contributed by atoms with Gasteiger partial charge in [-0.2, -0.15) is 0 Å². The Morgan fingerprint density at radius 1 is 1.16 bits per heavy atom. The summed E-state index contributed by atoms with van der Waals surface area (Å²) in [4.78, 5) is 11.3. The summed E-state index contributed by atoms with van der Waals surface area (Å²) in [6.07, 6.45) is 0. The highest BCUT2D eigenvalue weighted by Crippen LogP contribution is 2.14. The molecule has 0 aliphatic rings. The van der Waals surface area contributed by atoms with Crippen molar-refractivity contribution in [2.75, 3.05) is 0 Å². The number of rotatable bonds is 5. The van der Waals surface area contributed by atoms with E-state index in [9.17, 15) is 9.90 Å². The molecular weight excluding hydrogens is 238 g/mol. The van der Waals surface area contributed by atoms with Crippen molar-refractivity contribution in [3.63, 3.8) is 0 Å². The van der Waals surface area contributed by atoms with Crippen molar-refractivity contribution < 1.29 is 9.90 Å². The second kappa shape index (κ2) is 6.16. The number of aryl methyl sites for hydroxylation is 1. The Labute approximate surface area is 112 Å². The van der Waals surface area contributed by atoms with Crippen LogP contribution in [0.4, 0.5) is 0 Å². The van der Waals surface area contributed by atoms with Gasteiger partial charge in [-0.3, -0.25) is 10.1 Å². The van der Waals surface area contributed by atoms with E-state index in [1.807, 2.05) is 55.5 Å². The van der Waals surface area contributed by atoms with Crippen LogP contribution in [0, 0.1) is 6.92 Å². The number of hydrogen-bond donors (Lipinski definition) is 2. The van der Waals surface area contributed by atoms with Gasteiger partial charge >= 0.3 is 5.97 Å². The Bertz CT molecular complexity index is 552. The molecule has 0 aromatic heterocycles. The molecular formula is C16H17NO2. The van der Waals surface area contributed by atoms with E-state index in [4.69, 9.17) is 0 Å². The first kappa shape index (κ1) is 13.3. The minimum absolute atomic E-state index is 0.535. The maximum Gasteiger partial charge on any atom is 0.325 e. The van der Waals surface area contributed by atoms with E-state index in [0.717, 1.165) is 11.1 Å². The number of hydrogen-bond acceptors (Lipinski definition) is 2. The molecule has 2 N–H and O–H groups in total. The van der Waals surface area contributed by atoms with Gasteiger partial charge in [-0.15, -0.1) is 0 Å². The van der Waals surface area contributed by atoms with Crippen LogP contribution in [0.1, 0.15) is 22.7 Å². The molecule has 1 atom stereocenters. The van der Waals surface area contributed by atoms with Gasteiger partial charge in [-0.05, 0) is 18.1 Å². The Balaban J connectivity index is 2.08. The molecule has 0 aliphatic heterocycles. The molecule has 0 saturated carbocycles. The maximum absolute atomic E-state index is 11.3. The summed E-state index contributed by atoms with van der Waals surface area (Å²) in [5.74, 6) is -0.862. The van der Waals surface area contributed by atoms with E-state index in [1.54, 1.807) is 0 Å². The SMILES string of the molecule is Cc1cccc(CNC(C(=O)O)c2ccccc2)c1. The first-order valence-electron chi connectivity index (χ1n) is 6.23. The quantitative estimate of drug-likeness (QED) is 0.863. The summed E-state index contributed by atoms with van der Waals surface area (Å²) < 4.78 is 0. The molecule has 0 fully saturated rings. The van der Waals surface area contributed by atoms with Gasteiger partial charge in [-0.1, -0.05) is 60.2 Å². The molecule has 3 heteroatoms. The van der Waals surface area contributed by atoms with Crippen LogP contribution in [0.5, 0.6) is 0 Å². The fraction of sp³-hybridized carbons (Fsp3) is 0.188. The Hall–Kier alpha value is -2.13. The van der Waals surface area contributed by atoms with Crippen molar-refractivity contribution in [3.05, 3.63) is 71.3 Å². The van der Waals surface area contributed by atoms with Crippen LogP contribution in [0.15, 0.2) is 54.6 Å². The molecule has 19 heavy (non-hydrogen) atoms. The average Bonchev–Trinajstić information content (AvgIpc) is 2.40. The highest BCUT2D eigenvalue weighted by atomic mass is 16.4. The van der Waals surface area contributed by atoms with Gasteiger partial charge in [0.1, 0.15) is 6.04 Å². The molecule has 0 spiro atoms. The second-order valence-corrected chi connectivity index (χ2v) is 4.55. The van der Waals surface area contributed by atoms with E-state index in [1.165, 1.54) is 5.56 Å². The third-order valence-corrected chi connectivity index (χ3v) is 2.97. The van der Waals surface area contributed by atoms with Crippen LogP contribution in [-0.2, 0) is 11.3 Å². The van der Waals surface area contributed by atoms with Gasteiger partial charge in [-0.25, -0.2) is 0 Å². The van der Waals surface area contributed by atoms with Gasteiger partial charge < -0.3 is 5.11 Å². The molecule has 0 heterocycles. The van der Waals surface area contributed by atoms with Gasteiger partial charge in [0, 0.05) is 6.54 Å². The minimum atomic E-state index is -0.862. The lowest BCUT2D eigenvalue weighted by Crippen LogP contribution is -2.28. The van der Waals surface area contributed by atoms with E-state index in [-0.39, 0.29) is 0 Å². The topological polar surface area (TPSA) is 49.3 Å². The first-order valence-corrected chi connectivity index (χ1v) is 6.23. The summed E-state index contributed by atoms with van der Waals surface area (Å²) in [5.41, 5.74) is 3.02. The van der Waals surface area contributed by atoms with Crippen molar-refractivity contribution >= 4 is 5.97 Å². The monoisotopic (exact) mass is 255 g/mol. The van der Waals surface area contributed by atoms with E-state index < -0.39 is 12.0 Å².